The predicted octanol–water partition coefficient (Wildman–Crippen LogP) is 12.7. The van der Waals surface area contributed by atoms with Crippen LogP contribution < -0.4 is 4.74 Å². The molecule has 0 spiro atoms. The average Bonchev–Trinajstić information content (AvgIpc) is 3.09. The largest absolute Gasteiger partial charge is 0.457 e. The molecule has 0 fully saturated rings. The Hall–Kier alpha value is -4.53. The molecule has 0 bridgehead atoms. The Morgan fingerprint density at radius 2 is 0.643 bits per heavy atom. The van der Waals surface area contributed by atoms with E-state index >= 15 is 0 Å². The van der Waals surface area contributed by atoms with Crippen molar-refractivity contribution in [1.29, 1.82) is 0 Å². The maximum atomic E-state index is 6.10. The second-order valence-electron chi connectivity index (χ2n) is 8.62. The van der Waals surface area contributed by atoms with E-state index in [-0.39, 0.29) is 0 Å². The molecule has 1 nitrogen and oxygen atoms in total. The Kier molecular flexibility index (Phi) is 14.3. The molecule has 0 radical (unpaired) electrons. The molecule has 42 heavy (non-hydrogen) atoms. The van der Waals surface area contributed by atoms with E-state index in [0.29, 0.717) is 0 Å². The van der Waals surface area contributed by atoms with Gasteiger partial charge in [0, 0.05) is 9.79 Å². The van der Waals surface area contributed by atoms with Crippen LogP contribution in [0.3, 0.4) is 0 Å². The first kappa shape index (κ1) is 32.0. The molecule has 0 aromatic heterocycles. The molecule has 0 saturated carbocycles. The Morgan fingerprint density at radius 3 is 1.00 bits per heavy atom. The molecule has 0 aliphatic carbocycles. The molecule has 0 amide bonds. The van der Waals surface area contributed by atoms with Crippen molar-refractivity contribution in [3.8, 4) is 33.8 Å². The number of rotatable bonds is 6. The summed E-state index contributed by atoms with van der Waals surface area (Å²) in [6, 6.07) is 57.9. The molecule has 0 aliphatic rings. The summed E-state index contributed by atoms with van der Waals surface area (Å²) in [5.74, 6) is 1.68. The van der Waals surface area contributed by atoms with Crippen molar-refractivity contribution in [2.24, 2.45) is 0 Å². The first-order valence-electron chi connectivity index (χ1n) is 14.6. The van der Waals surface area contributed by atoms with Crippen molar-refractivity contribution in [3.63, 3.8) is 0 Å². The number of benzene rings is 6. The molecule has 2 heteroatoms. The molecule has 0 N–H and O–H groups in total. The highest BCUT2D eigenvalue weighted by atomic mass is 32.2. The lowest BCUT2D eigenvalue weighted by Crippen LogP contribution is -1.86. The molecule has 0 unspecified atom stereocenters. The van der Waals surface area contributed by atoms with Gasteiger partial charge >= 0.3 is 0 Å². The quantitative estimate of drug-likeness (QED) is 0.198. The van der Waals surface area contributed by atoms with Gasteiger partial charge in [0.2, 0.25) is 0 Å². The second kappa shape index (κ2) is 18.7. The zero-order valence-corrected chi connectivity index (χ0v) is 25.8. The molecule has 0 aliphatic heterocycles. The molecule has 0 heterocycles. The Morgan fingerprint density at radius 1 is 0.333 bits per heavy atom. The minimum absolute atomic E-state index is 0.839. The van der Waals surface area contributed by atoms with Crippen molar-refractivity contribution in [3.05, 3.63) is 170 Å². The monoisotopic (exact) mass is 568 g/mol. The number of ether oxygens (including phenoxy) is 1. The molecule has 0 atom stereocenters. The maximum Gasteiger partial charge on any atom is 0.128 e. The van der Waals surface area contributed by atoms with E-state index in [2.05, 4.69) is 97.1 Å². The average molecular weight is 569 g/mol. The zero-order chi connectivity index (χ0) is 29.8. The summed E-state index contributed by atoms with van der Waals surface area (Å²) in [5, 5.41) is 0. The number of hydrogen-bond donors (Lipinski definition) is 0. The Balaban J connectivity index is 0.000000240. The van der Waals surface area contributed by atoms with Crippen LogP contribution in [-0.4, -0.2) is 0 Å². The summed E-state index contributed by atoms with van der Waals surface area (Å²) in [6.45, 7) is 8.00. The fraction of sp³-hybridized carbons (Fsp3) is 0.100. The van der Waals surface area contributed by atoms with Gasteiger partial charge in [-0.05, 0) is 70.8 Å². The summed E-state index contributed by atoms with van der Waals surface area (Å²) in [6.07, 6.45) is 0. The van der Waals surface area contributed by atoms with E-state index in [4.69, 9.17) is 4.74 Å². The molecule has 6 aromatic rings. The topological polar surface area (TPSA) is 9.23 Å². The summed E-state index contributed by atoms with van der Waals surface area (Å²) in [4.78, 5) is 2.57. The van der Waals surface area contributed by atoms with Crippen LogP contribution in [0.4, 0.5) is 0 Å². The highest BCUT2D eigenvalue weighted by Crippen LogP contribution is 2.30. The molecule has 0 saturated heterocycles. The minimum atomic E-state index is 0.839. The Bertz CT molecular complexity index is 1410. The lowest BCUT2D eigenvalue weighted by atomic mass is 10.1. The van der Waals surface area contributed by atoms with E-state index in [1.165, 1.54) is 20.9 Å². The van der Waals surface area contributed by atoms with Crippen LogP contribution in [0.2, 0.25) is 0 Å². The van der Waals surface area contributed by atoms with Gasteiger partial charge in [0.1, 0.15) is 11.5 Å². The van der Waals surface area contributed by atoms with E-state index in [9.17, 15) is 0 Å². The summed E-state index contributed by atoms with van der Waals surface area (Å²) >= 11 is 1.79. The van der Waals surface area contributed by atoms with Gasteiger partial charge in [-0.1, -0.05) is 161 Å². The molecular weight excluding hydrogens is 529 g/mol. The van der Waals surface area contributed by atoms with Gasteiger partial charge in [-0.2, -0.15) is 0 Å². The van der Waals surface area contributed by atoms with Crippen LogP contribution in [0.1, 0.15) is 27.7 Å². The third-order valence-corrected chi connectivity index (χ3v) is 6.86. The van der Waals surface area contributed by atoms with Gasteiger partial charge < -0.3 is 4.74 Å². The molecular formula is C40H40OS. The van der Waals surface area contributed by atoms with Crippen molar-refractivity contribution in [2.75, 3.05) is 0 Å². The third kappa shape index (κ3) is 10.5. The fourth-order valence-electron chi connectivity index (χ4n) is 3.99. The third-order valence-electron chi connectivity index (χ3n) is 5.84. The van der Waals surface area contributed by atoms with Crippen LogP contribution in [0.5, 0.6) is 11.5 Å². The first-order chi connectivity index (χ1) is 20.8. The van der Waals surface area contributed by atoms with Crippen LogP contribution in [0.25, 0.3) is 22.3 Å². The molecule has 6 aromatic carbocycles. The minimum Gasteiger partial charge on any atom is -0.457 e. The van der Waals surface area contributed by atoms with Gasteiger partial charge in [0.05, 0.1) is 0 Å². The van der Waals surface area contributed by atoms with E-state index in [1.54, 1.807) is 11.8 Å². The summed E-state index contributed by atoms with van der Waals surface area (Å²) < 4.78 is 6.10. The van der Waals surface area contributed by atoms with Gasteiger partial charge in [-0.25, -0.2) is 0 Å². The highest BCUT2D eigenvalue weighted by Gasteiger charge is 2.03. The van der Waals surface area contributed by atoms with Crippen LogP contribution in [0, 0.1) is 0 Å². The summed E-state index contributed by atoms with van der Waals surface area (Å²) in [7, 11) is 0. The smallest absolute Gasteiger partial charge is 0.128 e. The normalized spacial score (nSPS) is 9.52. The maximum absolute atomic E-state index is 6.10. The number of hydrogen-bond acceptors (Lipinski definition) is 2. The van der Waals surface area contributed by atoms with E-state index in [1.807, 2.05) is 100 Å². The lowest BCUT2D eigenvalue weighted by molar-refractivity contribution is 0.483. The second-order valence-corrected chi connectivity index (χ2v) is 9.76. The predicted molar refractivity (Wildman–Crippen MR) is 184 cm³/mol. The highest BCUT2D eigenvalue weighted by molar-refractivity contribution is 7.99. The van der Waals surface area contributed by atoms with Crippen molar-refractivity contribution in [1.82, 2.24) is 0 Å². The summed E-state index contributed by atoms with van der Waals surface area (Å²) in [5.41, 5.74) is 4.67. The van der Waals surface area contributed by atoms with E-state index < -0.39 is 0 Å². The van der Waals surface area contributed by atoms with E-state index in [0.717, 1.165) is 22.6 Å². The fourth-order valence-corrected chi connectivity index (χ4v) is 4.85. The molecule has 6 rings (SSSR count). The van der Waals surface area contributed by atoms with Crippen LogP contribution in [-0.2, 0) is 0 Å². The SMILES string of the molecule is CC.CC.c1ccc(-c2cccc(Oc3cccc(-c4ccccc4)c3)c2)cc1.c1ccc(Sc2ccccc2)cc1. The van der Waals surface area contributed by atoms with Gasteiger partial charge in [0.25, 0.3) is 0 Å². The van der Waals surface area contributed by atoms with Crippen molar-refractivity contribution >= 4 is 11.8 Å². The van der Waals surface area contributed by atoms with Crippen molar-refractivity contribution in [2.45, 2.75) is 37.5 Å². The Labute approximate surface area is 256 Å². The van der Waals surface area contributed by atoms with Gasteiger partial charge in [-0.3, -0.25) is 0 Å². The lowest BCUT2D eigenvalue weighted by Gasteiger charge is -2.09. The van der Waals surface area contributed by atoms with Crippen molar-refractivity contribution < 1.29 is 4.74 Å². The van der Waals surface area contributed by atoms with Crippen LogP contribution in [0.15, 0.2) is 180 Å². The first-order valence-corrected chi connectivity index (χ1v) is 15.4. The zero-order valence-electron chi connectivity index (χ0n) is 25.0. The van der Waals surface area contributed by atoms with Gasteiger partial charge in [0.15, 0.2) is 0 Å². The van der Waals surface area contributed by atoms with Crippen LogP contribution >= 0.6 is 11.8 Å². The van der Waals surface area contributed by atoms with Gasteiger partial charge in [-0.15, -0.1) is 0 Å². The molecule has 212 valence electrons. The standard InChI is InChI=1S/C24H18O.C12H10S.2C2H6/c1-3-9-19(10-4-1)21-13-7-15-23(17-21)25-24-16-8-14-22(18-24)20-11-5-2-6-12-20;1-3-7-11(8-4-1)13-12-9-5-2-6-10-12;2*1-2/h1-18H;1-10H;2*1-2H3.